The fourth-order valence-electron chi connectivity index (χ4n) is 3.84. The topological polar surface area (TPSA) is 63.5 Å². The molecular formula is C24H29N5O2S. The fraction of sp³-hybridized carbons (Fsp3) is 0.375. The van der Waals surface area contributed by atoms with Gasteiger partial charge in [-0.15, -0.1) is 0 Å². The van der Waals surface area contributed by atoms with Crippen LogP contribution >= 0.6 is 12.6 Å². The van der Waals surface area contributed by atoms with Gasteiger partial charge >= 0.3 is 6.09 Å². The number of carbonyl (C=O) groups is 1. The minimum atomic E-state index is -0.302. The summed E-state index contributed by atoms with van der Waals surface area (Å²) in [4.78, 5) is 25.6. The number of pyridine rings is 1. The Morgan fingerprint density at radius 3 is 2.53 bits per heavy atom. The number of amides is 1. The van der Waals surface area contributed by atoms with Crippen molar-refractivity contribution in [3.05, 3.63) is 77.6 Å². The zero-order valence-corrected chi connectivity index (χ0v) is 19.4. The molecular weight excluding hydrogens is 422 g/mol. The molecule has 1 aliphatic rings. The summed E-state index contributed by atoms with van der Waals surface area (Å²) in [5.41, 5.74) is 3.16. The Labute approximate surface area is 194 Å². The Bertz CT molecular complexity index is 1040. The number of hydrogen-bond donors (Lipinski definition) is 1. The second kappa shape index (κ2) is 10.2. The van der Waals surface area contributed by atoms with Gasteiger partial charge in [0.1, 0.15) is 11.6 Å². The molecule has 1 aromatic carbocycles. The molecule has 168 valence electrons. The summed E-state index contributed by atoms with van der Waals surface area (Å²) in [6.07, 6.45) is 4.27. The third kappa shape index (κ3) is 5.49. The van der Waals surface area contributed by atoms with Crippen LogP contribution in [0, 0.1) is 6.92 Å². The van der Waals surface area contributed by atoms with E-state index in [9.17, 15) is 4.79 Å². The van der Waals surface area contributed by atoms with Crippen molar-refractivity contribution in [1.29, 1.82) is 0 Å². The van der Waals surface area contributed by atoms with E-state index >= 15 is 0 Å². The molecule has 1 aliphatic heterocycles. The number of nitrogens with zero attached hydrogens (tertiary/aromatic N) is 5. The molecule has 0 N–H and O–H groups in total. The second-order valence-corrected chi connectivity index (χ2v) is 8.60. The summed E-state index contributed by atoms with van der Waals surface area (Å²) in [7, 11) is 1.95. The minimum Gasteiger partial charge on any atom is -0.410 e. The van der Waals surface area contributed by atoms with Crippen LogP contribution in [0.4, 0.5) is 4.79 Å². The second-order valence-electron chi connectivity index (χ2n) is 8.08. The van der Waals surface area contributed by atoms with E-state index in [2.05, 4.69) is 33.6 Å². The number of rotatable bonds is 6. The monoisotopic (exact) mass is 451 g/mol. The predicted octanol–water partition coefficient (Wildman–Crippen LogP) is 3.50. The van der Waals surface area contributed by atoms with Crippen molar-refractivity contribution in [3.8, 4) is 5.75 Å². The molecule has 4 rings (SSSR count). The highest BCUT2D eigenvalue weighted by atomic mass is 32.1. The summed E-state index contributed by atoms with van der Waals surface area (Å²) < 4.78 is 7.54. The number of ether oxygens (including phenoxy) is 1. The molecule has 3 heterocycles. The van der Waals surface area contributed by atoms with Gasteiger partial charge in [-0.25, -0.2) is 9.78 Å². The predicted molar refractivity (Wildman–Crippen MR) is 127 cm³/mol. The molecule has 0 radical (unpaired) electrons. The Balaban J connectivity index is 1.24. The van der Waals surface area contributed by atoms with Crippen molar-refractivity contribution in [2.45, 2.75) is 18.6 Å². The molecule has 0 bridgehead atoms. The molecule has 2 aromatic heterocycles. The minimum absolute atomic E-state index is 0.136. The third-order valence-corrected chi connectivity index (χ3v) is 6.29. The van der Waals surface area contributed by atoms with E-state index in [4.69, 9.17) is 4.74 Å². The lowest BCUT2D eigenvalue weighted by molar-refractivity contribution is 0.111. The normalized spacial score (nSPS) is 15.5. The zero-order chi connectivity index (χ0) is 22.5. The third-order valence-electron chi connectivity index (χ3n) is 5.76. The van der Waals surface area contributed by atoms with Crippen molar-refractivity contribution in [2.24, 2.45) is 7.05 Å². The first-order chi connectivity index (χ1) is 15.5. The quantitative estimate of drug-likeness (QED) is 0.581. The van der Waals surface area contributed by atoms with Gasteiger partial charge in [0.25, 0.3) is 0 Å². The van der Waals surface area contributed by atoms with Crippen molar-refractivity contribution < 1.29 is 9.53 Å². The molecule has 1 atom stereocenters. The number of hydrogen-bond acceptors (Lipinski definition) is 6. The van der Waals surface area contributed by atoms with Gasteiger partial charge in [0.05, 0.1) is 5.25 Å². The molecule has 8 heteroatoms. The number of aromatic nitrogens is 3. The van der Waals surface area contributed by atoms with Crippen LogP contribution < -0.4 is 4.74 Å². The molecule has 0 spiro atoms. The maximum atomic E-state index is 12.6. The van der Waals surface area contributed by atoms with Crippen molar-refractivity contribution in [3.63, 3.8) is 0 Å². The first-order valence-corrected chi connectivity index (χ1v) is 11.4. The van der Waals surface area contributed by atoms with E-state index in [0.29, 0.717) is 18.8 Å². The molecule has 1 saturated heterocycles. The molecule has 32 heavy (non-hydrogen) atoms. The van der Waals surface area contributed by atoms with Gasteiger partial charge in [-0.1, -0.05) is 18.2 Å². The Kier molecular flexibility index (Phi) is 7.12. The van der Waals surface area contributed by atoms with Crippen LogP contribution in [-0.4, -0.2) is 63.2 Å². The summed E-state index contributed by atoms with van der Waals surface area (Å²) in [6.45, 7) is 5.96. The van der Waals surface area contributed by atoms with Crippen LogP contribution in [-0.2, 0) is 13.5 Å². The number of piperazine rings is 1. The molecule has 1 fully saturated rings. The number of aryl methyl sites for hydroxylation is 2. The lowest BCUT2D eigenvalue weighted by atomic mass is 10.1. The fourth-order valence-corrected chi connectivity index (χ4v) is 4.26. The lowest BCUT2D eigenvalue weighted by Gasteiger charge is -2.33. The summed E-state index contributed by atoms with van der Waals surface area (Å²) >= 11 is 4.68. The van der Waals surface area contributed by atoms with E-state index in [1.165, 1.54) is 0 Å². The van der Waals surface area contributed by atoms with Gasteiger partial charge in [0.15, 0.2) is 0 Å². The van der Waals surface area contributed by atoms with Gasteiger partial charge in [-0.05, 0) is 36.8 Å². The Morgan fingerprint density at radius 2 is 1.88 bits per heavy atom. The van der Waals surface area contributed by atoms with Gasteiger partial charge in [-0.3, -0.25) is 9.88 Å². The molecule has 1 unspecified atom stereocenters. The van der Waals surface area contributed by atoms with E-state index in [1.807, 2.05) is 61.1 Å². The summed E-state index contributed by atoms with van der Waals surface area (Å²) in [6, 6.07) is 13.6. The van der Waals surface area contributed by atoms with Gasteiger partial charge < -0.3 is 14.2 Å². The van der Waals surface area contributed by atoms with Crippen molar-refractivity contribution in [1.82, 2.24) is 24.3 Å². The molecule has 0 aliphatic carbocycles. The first-order valence-electron chi connectivity index (χ1n) is 10.9. The van der Waals surface area contributed by atoms with E-state index < -0.39 is 0 Å². The van der Waals surface area contributed by atoms with Crippen LogP contribution in [0.1, 0.15) is 28.0 Å². The first kappa shape index (κ1) is 22.4. The Morgan fingerprint density at radius 1 is 1.12 bits per heavy atom. The van der Waals surface area contributed by atoms with E-state index in [1.54, 1.807) is 11.1 Å². The van der Waals surface area contributed by atoms with Crippen LogP contribution in [0.2, 0.25) is 0 Å². The summed E-state index contributed by atoms with van der Waals surface area (Å²) in [5.74, 6) is 1.40. The molecule has 7 nitrogen and oxygen atoms in total. The smallest absolute Gasteiger partial charge is 0.410 e. The van der Waals surface area contributed by atoms with Gasteiger partial charge in [-0.2, -0.15) is 12.6 Å². The van der Waals surface area contributed by atoms with Crippen LogP contribution in [0.15, 0.2) is 54.9 Å². The average Bonchev–Trinajstić information content (AvgIpc) is 3.24. The van der Waals surface area contributed by atoms with Crippen molar-refractivity contribution >= 4 is 18.7 Å². The SMILES string of the molecule is Cc1cccc(CCN2CCN(C(=O)Oc3ccc(C(S)c4nccn4C)cc3)CC2)n1. The van der Waals surface area contributed by atoms with Crippen LogP contribution in [0.5, 0.6) is 5.75 Å². The largest absolute Gasteiger partial charge is 0.415 e. The maximum Gasteiger partial charge on any atom is 0.415 e. The average molecular weight is 452 g/mol. The number of benzene rings is 1. The van der Waals surface area contributed by atoms with Crippen molar-refractivity contribution in [2.75, 3.05) is 32.7 Å². The molecule has 1 amide bonds. The number of imidazole rings is 1. The van der Waals surface area contributed by atoms with Crippen LogP contribution in [0.3, 0.4) is 0 Å². The maximum absolute atomic E-state index is 12.6. The highest BCUT2D eigenvalue weighted by molar-refractivity contribution is 7.80. The molecule has 0 saturated carbocycles. The number of thiol groups is 1. The standard InChI is InChI=1S/C24H29N5O2S/c1-18-4-3-5-20(26-18)10-12-28-14-16-29(17-15-28)24(30)31-21-8-6-19(7-9-21)22(32)23-25-11-13-27(23)2/h3-9,11,13,22,32H,10,12,14-17H2,1-2H3. The number of carbonyl (C=O) groups excluding carboxylic acids is 1. The Hall–Kier alpha value is -2.84. The van der Waals surface area contributed by atoms with E-state index in [0.717, 1.165) is 48.8 Å². The van der Waals surface area contributed by atoms with Crippen LogP contribution in [0.25, 0.3) is 0 Å². The van der Waals surface area contributed by atoms with E-state index in [-0.39, 0.29) is 11.3 Å². The van der Waals surface area contributed by atoms with Gasteiger partial charge in [0.2, 0.25) is 0 Å². The molecule has 3 aromatic rings. The lowest BCUT2D eigenvalue weighted by Crippen LogP contribution is -2.49. The summed E-state index contributed by atoms with van der Waals surface area (Å²) in [5, 5.41) is -0.136. The highest BCUT2D eigenvalue weighted by Gasteiger charge is 2.23. The van der Waals surface area contributed by atoms with Gasteiger partial charge in [0, 0.05) is 70.0 Å². The zero-order valence-electron chi connectivity index (χ0n) is 18.5. The highest BCUT2D eigenvalue weighted by Crippen LogP contribution is 2.28.